The maximum atomic E-state index is 13.5. The van der Waals surface area contributed by atoms with Crippen molar-refractivity contribution in [1.82, 2.24) is 0 Å². The molecule has 0 heterocycles. The molecular weight excluding hydrogens is 456 g/mol. The van der Waals surface area contributed by atoms with Crippen LogP contribution in [0.1, 0.15) is 50.4 Å². The molecule has 2 aromatic carbocycles. The zero-order chi connectivity index (χ0) is 25.6. The summed E-state index contributed by atoms with van der Waals surface area (Å²) in [5, 5.41) is 28.9. The van der Waals surface area contributed by atoms with Crippen LogP contribution in [0, 0.1) is 36.5 Å². The molecule has 2 atom stereocenters. The lowest BCUT2D eigenvalue weighted by molar-refractivity contribution is -0.385. The Morgan fingerprint density at radius 1 is 0.971 bits per heavy atom. The van der Waals surface area contributed by atoms with Crippen molar-refractivity contribution in [3.05, 3.63) is 74.3 Å². The zero-order valence-corrected chi connectivity index (χ0v) is 19.4. The van der Waals surface area contributed by atoms with Crippen LogP contribution >= 0.6 is 0 Å². The Hall–Kier alpha value is -4.15. The summed E-state index contributed by atoms with van der Waals surface area (Å²) in [5.74, 6) is -1.05. The van der Waals surface area contributed by atoms with E-state index in [1.54, 1.807) is 0 Å². The standard InChI is InChI=1S/C24H24N4O7/c1-22(2)23(3)11-12-24(22,21(30)25-16-7-9-17(10-8-16)27(31)32)14-19(23)26-35-20(29)15-5-4-6-18(13-15)28(33)34/h4-10,13H,11-12,14H2,1-3H3,(H,25,30). The number of nitro benzene ring substituents is 2. The van der Waals surface area contributed by atoms with E-state index in [-0.39, 0.29) is 29.3 Å². The van der Waals surface area contributed by atoms with Crippen molar-refractivity contribution in [3.8, 4) is 0 Å². The highest BCUT2D eigenvalue weighted by Gasteiger charge is 2.71. The quantitative estimate of drug-likeness (QED) is 0.351. The van der Waals surface area contributed by atoms with Crippen LogP contribution < -0.4 is 5.32 Å². The highest BCUT2D eigenvalue weighted by molar-refractivity contribution is 6.06. The predicted octanol–water partition coefficient (Wildman–Crippen LogP) is 4.87. The van der Waals surface area contributed by atoms with Crippen molar-refractivity contribution < 1.29 is 24.3 Å². The minimum absolute atomic E-state index is 0.00162. The van der Waals surface area contributed by atoms with Crippen molar-refractivity contribution in [2.45, 2.75) is 40.0 Å². The van der Waals surface area contributed by atoms with Crippen molar-refractivity contribution >= 4 is 34.7 Å². The minimum atomic E-state index is -0.824. The molecule has 35 heavy (non-hydrogen) atoms. The van der Waals surface area contributed by atoms with Crippen LogP contribution in [0.2, 0.25) is 0 Å². The van der Waals surface area contributed by atoms with Gasteiger partial charge in [0.15, 0.2) is 0 Å². The number of oxime groups is 1. The van der Waals surface area contributed by atoms with Crippen LogP contribution in [0.3, 0.4) is 0 Å². The van der Waals surface area contributed by atoms with Crippen molar-refractivity contribution in [3.63, 3.8) is 0 Å². The molecule has 0 aliphatic heterocycles. The summed E-state index contributed by atoms with van der Waals surface area (Å²) in [5.41, 5.74) is -1.14. The fourth-order valence-corrected chi connectivity index (χ4v) is 5.34. The highest BCUT2D eigenvalue weighted by Crippen LogP contribution is 2.71. The number of nitrogens with one attached hydrogen (secondary N) is 1. The van der Waals surface area contributed by atoms with Crippen LogP contribution in [-0.4, -0.2) is 27.4 Å². The Morgan fingerprint density at radius 2 is 1.63 bits per heavy atom. The molecule has 0 saturated heterocycles. The van der Waals surface area contributed by atoms with Crippen LogP contribution in [-0.2, 0) is 9.63 Å². The van der Waals surface area contributed by atoms with Crippen molar-refractivity contribution in [1.29, 1.82) is 0 Å². The number of carbonyl (C=O) groups is 2. The van der Waals surface area contributed by atoms with Crippen LogP contribution in [0.25, 0.3) is 0 Å². The molecule has 2 aliphatic rings. The first-order valence-corrected chi connectivity index (χ1v) is 11.0. The van der Waals surface area contributed by atoms with Gasteiger partial charge in [0.2, 0.25) is 5.91 Å². The number of hydrogen-bond acceptors (Lipinski definition) is 8. The SMILES string of the molecule is CC12CCC(C(=O)Nc3ccc([N+](=O)[O-])cc3)(CC1=NOC(=O)c1cccc([N+](=O)[O-])c1)C2(C)C. The first-order valence-electron chi connectivity index (χ1n) is 11.0. The van der Waals surface area contributed by atoms with E-state index in [1.807, 2.05) is 20.8 Å². The van der Waals surface area contributed by atoms with Gasteiger partial charge in [-0.05, 0) is 36.5 Å². The van der Waals surface area contributed by atoms with Gasteiger partial charge in [0.1, 0.15) is 0 Å². The number of nitro groups is 2. The maximum Gasteiger partial charge on any atom is 0.365 e. The lowest BCUT2D eigenvalue weighted by Crippen LogP contribution is -2.43. The van der Waals surface area contributed by atoms with Crippen molar-refractivity contribution in [2.75, 3.05) is 5.32 Å². The van der Waals surface area contributed by atoms with Crippen LogP contribution in [0.4, 0.5) is 17.1 Å². The second-order valence-corrected chi connectivity index (χ2v) is 9.70. The molecule has 2 bridgehead atoms. The lowest BCUT2D eigenvalue weighted by atomic mass is 9.64. The average molecular weight is 480 g/mol. The number of rotatable bonds is 6. The maximum absolute atomic E-state index is 13.5. The Morgan fingerprint density at radius 3 is 2.26 bits per heavy atom. The third kappa shape index (κ3) is 3.72. The number of benzene rings is 2. The molecule has 2 aromatic rings. The molecule has 0 radical (unpaired) electrons. The fourth-order valence-electron chi connectivity index (χ4n) is 5.34. The van der Waals surface area contributed by atoms with E-state index in [0.717, 1.165) is 6.07 Å². The van der Waals surface area contributed by atoms with Crippen molar-refractivity contribution in [2.24, 2.45) is 21.4 Å². The van der Waals surface area contributed by atoms with Gasteiger partial charge in [-0.25, -0.2) is 4.79 Å². The molecule has 11 nitrogen and oxygen atoms in total. The van der Waals surface area contributed by atoms with Gasteiger partial charge in [-0.2, -0.15) is 0 Å². The van der Waals surface area contributed by atoms with Gasteiger partial charge < -0.3 is 10.2 Å². The zero-order valence-electron chi connectivity index (χ0n) is 19.4. The summed E-state index contributed by atoms with van der Waals surface area (Å²) in [4.78, 5) is 51.9. The summed E-state index contributed by atoms with van der Waals surface area (Å²) >= 11 is 0. The normalized spacial score (nSPS) is 25.3. The second kappa shape index (κ2) is 8.26. The molecule has 1 amide bonds. The molecule has 0 spiro atoms. The van der Waals surface area contributed by atoms with E-state index in [1.165, 1.54) is 42.5 Å². The second-order valence-electron chi connectivity index (χ2n) is 9.70. The number of anilines is 1. The van der Waals surface area contributed by atoms with Gasteiger partial charge in [0.05, 0.1) is 26.5 Å². The third-order valence-corrected chi connectivity index (χ3v) is 8.04. The van der Waals surface area contributed by atoms with Gasteiger partial charge >= 0.3 is 5.97 Å². The van der Waals surface area contributed by atoms with Gasteiger partial charge in [0, 0.05) is 41.8 Å². The Bertz CT molecular complexity index is 1270. The number of carbonyl (C=O) groups excluding carboxylic acids is 2. The molecule has 1 N–H and O–H groups in total. The van der Waals surface area contributed by atoms with E-state index in [0.29, 0.717) is 24.2 Å². The molecule has 0 aromatic heterocycles. The summed E-state index contributed by atoms with van der Waals surface area (Å²) in [6.45, 7) is 5.96. The monoisotopic (exact) mass is 480 g/mol. The number of amides is 1. The average Bonchev–Trinajstić information content (AvgIpc) is 3.13. The number of hydrogen-bond donors (Lipinski definition) is 1. The minimum Gasteiger partial charge on any atom is -0.326 e. The molecule has 2 aliphatic carbocycles. The molecule has 2 saturated carbocycles. The first kappa shape index (κ1) is 24.0. The number of non-ortho nitro benzene ring substituents is 2. The molecule has 11 heteroatoms. The van der Waals surface area contributed by atoms with E-state index >= 15 is 0 Å². The van der Waals surface area contributed by atoms with Gasteiger partial charge in [-0.3, -0.25) is 25.0 Å². The lowest BCUT2D eigenvalue weighted by Gasteiger charge is -2.39. The molecule has 2 unspecified atom stereocenters. The largest absolute Gasteiger partial charge is 0.365 e. The summed E-state index contributed by atoms with van der Waals surface area (Å²) in [6.07, 6.45) is 1.53. The topological polar surface area (TPSA) is 154 Å². The van der Waals surface area contributed by atoms with Crippen LogP contribution in [0.15, 0.2) is 53.7 Å². The Labute approximate surface area is 200 Å². The third-order valence-electron chi connectivity index (χ3n) is 8.04. The molecule has 182 valence electrons. The predicted molar refractivity (Wildman–Crippen MR) is 126 cm³/mol. The number of nitrogens with zero attached hydrogens (tertiary/aromatic N) is 3. The van der Waals surface area contributed by atoms with E-state index in [4.69, 9.17) is 4.84 Å². The van der Waals surface area contributed by atoms with Gasteiger partial charge in [-0.15, -0.1) is 0 Å². The summed E-state index contributed by atoms with van der Waals surface area (Å²) in [6, 6.07) is 10.8. The Balaban J connectivity index is 1.56. The Kier molecular flexibility index (Phi) is 5.66. The molecule has 4 rings (SSSR count). The van der Waals surface area contributed by atoms with E-state index in [9.17, 15) is 29.8 Å². The molecular formula is C24H24N4O7. The summed E-state index contributed by atoms with van der Waals surface area (Å²) in [7, 11) is 0. The van der Waals surface area contributed by atoms with Gasteiger partial charge in [-0.1, -0.05) is 32.0 Å². The molecule has 2 fully saturated rings. The smallest absolute Gasteiger partial charge is 0.326 e. The number of fused-ring (bicyclic) bond motifs is 2. The van der Waals surface area contributed by atoms with Crippen LogP contribution in [0.5, 0.6) is 0 Å². The van der Waals surface area contributed by atoms with Gasteiger partial charge in [0.25, 0.3) is 11.4 Å². The highest BCUT2D eigenvalue weighted by atomic mass is 16.7. The fraction of sp³-hybridized carbons (Fsp3) is 0.375. The van der Waals surface area contributed by atoms with E-state index < -0.39 is 32.1 Å². The first-order chi connectivity index (χ1) is 16.4. The summed E-state index contributed by atoms with van der Waals surface area (Å²) < 4.78 is 0. The van der Waals surface area contributed by atoms with E-state index in [2.05, 4.69) is 10.5 Å².